The number of hydrogen-bond donors (Lipinski definition) is 3. The first-order valence-electron chi connectivity index (χ1n) is 17.2. The summed E-state index contributed by atoms with van der Waals surface area (Å²) in [7, 11) is 0. The molecular weight excluding hydrogens is 688 g/mol. The number of anilines is 3. The van der Waals surface area contributed by atoms with Gasteiger partial charge < -0.3 is 25.5 Å². The molecule has 14 nitrogen and oxygen atoms in total. The van der Waals surface area contributed by atoms with Gasteiger partial charge in [0.15, 0.2) is 0 Å². The number of nitro groups is 1. The Morgan fingerprint density at radius 2 is 1.13 bits per heavy atom. The van der Waals surface area contributed by atoms with Crippen LogP contribution in [0.3, 0.4) is 0 Å². The molecule has 0 bridgehead atoms. The second-order valence-corrected chi connectivity index (χ2v) is 12.8. The lowest BCUT2D eigenvalue weighted by molar-refractivity contribution is -0.385. The summed E-state index contributed by atoms with van der Waals surface area (Å²) in [6, 6.07) is 23.2. The van der Waals surface area contributed by atoms with Crippen molar-refractivity contribution in [1.29, 1.82) is 0 Å². The third-order valence-electron chi connectivity index (χ3n) is 9.67. The van der Waals surface area contributed by atoms with E-state index in [9.17, 15) is 29.3 Å². The molecule has 0 saturated heterocycles. The van der Waals surface area contributed by atoms with Gasteiger partial charge in [-0.25, -0.2) is 0 Å². The molecule has 0 saturated carbocycles. The SMILES string of the molecule is Nc1cccc2c1CCC2n1cccc(C(=O)Nc2ccncc2)c1=O.O=C(Nc1ccncc1)c1cccn(C2CCc3c2cccc3[N+](=O)[O-])c1=O. The van der Waals surface area contributed by atoms with Gasteiger partial charge in [0.2, 0.25) is 0 Å². The number of carbonyl (C=O) groups excluding carboxylic acids is 2. The van der Waals surface area contributed by atoms with E-state index in [2.05, 4.69) is 20.6 Å². The van der Waals surface area contributed by atoms with Crippen LogP contribution >= 0.6 is 0 Å². The van der Waals surface area contributed by atoms with Crippen LogP contribution in [-0.2, 0) is 12.8 Å². The fourth-order valence-electron chi connectivity index (χ4n) is 7.15. The Morgan fingerprint density at radius 1 is 0.667 bits per heavy atom. The largest absolute Gasteiger partial charge is 0.398 e. The van der Waals surface area contributed by atoms with E-state index >= 15 is 0 Å². The van der Waals surface area contributed by atoms with E-state index in [0.717, 1.165) is 35.2 Å². The van der Waals surface area contributed by atoms with Crippen LogP contribution < -0.4 is 27.5 Å². The zero-order chi connectivity index (χ0) is 37.8. The van der Waals surface area contributed by atoms with E-state index in [1.807, 2.05) is 18.2 Å². The molecule has 4 heterocycles. The van der Waals surface area contributed by atoms with E-state index in [1.165, 1.54) is 16.7 Å². The number of nitrogens with zero attached hydrogens (tertiary/aromatic N) is 5. The van der Waals surface area contributed by atoms with Crippen molar-refractivity contribution in [3.05, 3.63) is 186 Å². The summed E-state index contributed by atoms with van der Waals surface area (Å²) in [5.74, 6) is -0.941. The molecule has 4 aromatic heterocycles. The molecule has 4 N–H and O–H groups in total. The minimum atomic E-state index is -0.511. The van der Waals surface area contributed by atoms with Gasteiger partial charge in [-0.2, -0.15) is 0 Å². The Kier molecular flexibility index (Phi) is 9.89. The average Bonchev–Trinajstić information content (AvgIpc) is 3.82. The molecule has 14 heteroatoms. The topological polar surface area (TPSA) is 197 Å². The second kappa shape index (κ2) is 15.2. The summed E-state index contributed by atoms with van der Waals surface area (Å²) in [5.41, 5.74) is 11.0. The Bertz CT molecular complexity index is 2500. The van der Waals surface area contributed by atoms with Crippen LogP contribution in [0.4, 0.5) is 22.7 Å². The van der Waals surface area contributed by atoms with Crippen molar-refractivity contribution in [2.24, 2.45) is 0 Å². The van der Waals surface area contributed by atoms with Crippen LogP contribution in [0.25, 0.3) is 0 Å². The zero-order valence-corrected chi connectivity index (χ0v) is 28.8. The maximum Gasteiger partial charge on any atom is 0.272 e. The lowest BCUT2D eigenvalue weighted by Gasteiger charge is -2.16. The quantitative estimate of drug-likeness (QED) is 0.107. The Balaban J connectivity index is 0.000000167. The number of nitro benzene ring substituents is 1. The van der Waals surface area contributed by atoms with Gasteiger partial charge in [0.1, 0.15) is 11.1 Å². The first-order valence-corrected chi connectivity index (χ1v) is 17.2. The molecule has 0 aliphatic heterocycles. The lowest BCUT2D eigenvalue weighted by atomic mass is 10.1. The first-order chi connectivity index (χ1) is 26.2. The fraction of sp³-hybridized carbons (Fsp3) is 0.150. The van der Waals surface area contributed by atoms with E-state index < -0.39 is 22.3 Å². The molecular formula is C40H34N8O6. The second-order valence-electron chi connectivity index (χ2n) is 12.8. The van der Waals surface area contributed by atoms with Crippen molar-refractivity contribution in [2.75, 3.05) is 16.4 Å². The monoisotopic (exact) mass is 722 g/mol. The van der Waals surface area contributed by atoms with Gasteiger partial charge >= 0.3 is 0 Å². The number of nitrogen functional groups attached to an aromatic ring is 1. The van der Waals surface area contributed by atoms with Crippen molar-refractivity contribution >= 4 is 34.6 Å². The molecule has 2 aliphatic carbocycles. The molecule has 2 aromatic carbocycles. The summed E-state index contributed by atoms with van der Waals surface area (Å²) in [4.78, 5) is 69.7. The number of nitrogens with one attached hydrogen (secondary N) is 2. The number of rotatable bonds is 7. The molecule has 2 amide bonds. The van der Waals surface area contributed by atoms with Crippen LogP contribution in [0.15, 0.2) is 132 Å². The normalized spacial score (nSPS) is 15.3. The highest BCUT2D eigenvalue weighted by Crippen LogP contribution is 2.39. The number of benzene rings is 2. The molecule has 2 unspecified atom stereocenters. The summed E-state index contributed by atoms with van der Waals surface area (Å²) >= 11 is 0. The Hall–Kier alpha value is -7.22. The highest BCUT2D eigenvalue weighted by Gasteiger charge is 2.31. The average molecular weight is 723 g/mol. The van der Waals surface area contributed by atoms with Crippen molar-refractivity contribution in [2.45, 2.75) is 37.8 Å². The minimum Gasteiger partial charge on any atom is -0.398 e. The molecule has 2 aliphatic rings. The van der Waals surface area contributed by atoms with Gasteiger partial charge in [-0.05, 0) is 97.0 Å². The molecule has 54 heavy (non-hydrogen) atoms. The number of amides is 2. The zero-order valence-electron chi connectivity index (χ0n) is 28.8. The van der Waals surface area contributed by atoms with Crippen molar-refractivity contribution in [3.8, 4) is 0 Å². The predicted molar refractivity (Wildman–Crippen MR) is 203 cm³/mol. The lowest BCUT2D eigenvalue weighted by Crippen LogP contribution is -2.31. The minimum absolute atomic E-state index is 0.0122. The molecule has 0 fully saturated rings. The third-order valence-corrected chi connectivity index (χ3v) is 9.67. The standard InChI is InChI=1S/C20H16N4O4.C20H18N4O2/c25-19(22-13-8-10-21-11-9-13)16-4-2-12-23(20(16)26)17-7-6-15-14(17)3-1-5-18(15)24(27)28;21-17-5-1-3-15-14(17)6-7-18(15)24-12-2-4-16(20(24)26)19(25)23-13-8-10-22-11-9-13/h1-5,8-12,17H,6-7H2,(H,21,22,25);1-5,8-12,18H,6-7,21H2,(H,22,23,25). The number of fused-ring (bicyclic) bond motifs is 2. The van der Waals surface area contributed by atoms with E-state index in [0.29, 0.717) is 29.8 Å². The van der Waals surface area contributed by atoms with Gasteiger partial charge in [-0.15, -0.1) is 0 Å². The molecule has 6 aromatic rings. The third kappa shape index (κ3) is 6.99. The van der Waals surface area contributed by atoms with Crippen LogP contribution in [-0.4, -0.2) is 35.8 Å². The highest BCUT2D eigenvalue weighted by molar-refractivity contribution is 6.04. The Labute approximate surface area is 308 Å². The Morgan fingerprint density at radius 3 is 1.63 bits per heavy atom. The van der Waals surface area contributed by atoms with Crippen LogP contribution in [0.1, 0.15) is 67.9 Å². The first kappa shape index (κ1) is 35.2. The number of hydrogen-bond acceptors (Lipinski definition) is 9. The van der Waals surface area contributed by atoms with Gasteiger partial charge in [-0.3, -0.25) is 39.3 Å². The molecule has 8 rings (SSSR count). The molecule has 0 radical (unpaired) electrons. The summed E-state index contributed by atoms with van der Waals surface area (Å²) in [6.07, 6.45) is 12.3. The van der Waals surface area contributed by atoms with Crippen LogP contribution in [0.5, 0.6) is 0 Å². The van der Waals surface area contributed by atoms with Gasteiger partial charge in [0, 0.05) is 65.9 Å². The maximum absolute atomic E-state index is 13.0. The highest BCUT2D eigenvalue weighted by atomic mass is 16.6. The van der Waals surface area contributed by atoms with E-state index in [-0.39, 0.29) is 34.5 Å². The van der Waals surface area contributed by atoms with Gasteiger partial charge in [0.05, 0.1) is 17.0 Å². The van der Waals surface area contributed by atoms with Crippen LogP contribution in [0, 0.1) is 10.1 Å². The molecule has 0 spiro atoms. The number of carbonyl (C=O) groups is 2. The van der Waals surface area contributed by atoms with E-state index in [1.54, 1.807) is 96.3 Å². The van der Waals surface area contributed by atoms with Gasteiger partial charge in [-0.1, -0.05) is 24.3 Å². The number of pyridine rings is 4. The van der Waals surface area contributed by atoms with Crippen molar-refractivity contribution in [3.63, 3.8) is 0 Å². The smallest absolute Gasteiger partial charge is 0.272 e. The maximum atomic E-state index is 13.0. The van der Waals surface area contributed by atoms with Gasteiger partial charge in [0.25, 0.3) is 28.6 Å². The summed E-state index contributed by atoms with van der Waals surface area (Å²) < 4.78 is 3.11. The van der Waals surface area contributed by atoms with Crippen LogP contribution in [0.2, 0.25) is 0 Å². The summed E-state index contributed by atoms with van der Waals surface area (Å²) in [5, 5.41) is 16.7. The molecule has 270 valence electrons. The van der Waals surface area contributed by atoms with Crippen molar-refractivity contribution < 1.29 is 14.5 Å². The number of aromatic nitrogens is 4. The summed E-state index contributed by atoms with van der Waals surface area (Å²) in [6.45, 7) is 0. The number of nitrogens with two attached hydrogens (primary N) is 1. The predicted octanol–water partition coefficient (Wildman–Crippen LogP) is 5.55. The van der Waals surface area contributed by atoms with E-state index in [4.69, 9.17) is 5.73 Å². The van der Waals surface area contributed by atoms with Crippen molar-refractivity contribution in [1.82, 2.24) is 19.1 Å². The fourth-order valence-corrected chi connectivity index (χ4v) is 7.15. The molecule has 2 atom stereocenters.